The van der Waals surface area contributed by atoms with Gasteiger partial charge in [-0.1, -0.05) is 69.7 Å². The van der Waals surface area contributed by atoms with Gasteiger partial charge in [0.15, 0.2) is 0 Å². The Morgan fingerprint density at radius 1 is 0.868 bits per heavy atom. The van der Waals surface area contributed by atoms with Gasteiger partial charge >= 0.3 is 6.18 Å². The maximum absolute atomic E-state index is 14.4. The van der Waals surface area contributed by atoms with Gasteiger partial charge in [0.05, 0.1) is 24.4 Å². The zero-order chi connectivity index (χ0) is 27.3. The number of unbranched alkanes of at least 4 members (excludes halogenated alkanes) is 2. The Labute approximate surface area is 221 Å². The van der Waals surface area contributed by atoms with Crippen LogP contribution in [0.25, 0.3) is 17.0 Å². The lowest BCUT2D eigenvalue weighted by molar-refractivity contribution is -0.0798. The minimum Gasteiger partial charge on any atom is -0.373 e. The minimum absolute atomic E-state index is 0.0388. The van der Waals surface area contributed by atoms with Crippen molar-refractivity contribution in [3.8, 4) is 11.1 Å². The summed E-state index contributed by atoms with van der Waals surface area (Å²) in [7, 11) is 0. The molecule has 1 aliphatic heterocycles. The standard InChI is InChI=1S/C31H36F6O/c1-2-3-4-5-20-6-8-21(9-7-20)24-14-15-29(38-19-24)23-12-10-22(11-13-23)25-16-26(32)30(27(33)17-25)28(34)18-31(35,36)37/h10-13,16-18,20-21,24,29H,2-9,14-15,19H2,1H3. The van der Waals surface area contributed by atoms with Crippen LogP contribution in [0.5, 0.6) is 0 Å². The fraction of sp³-hybridized carbons (Fsp3) is 0.548. The van der Waals surface area contributed by atoms with E-state index in [-0.39, 0.29) is 11.7 Å². The first-order valence-electron chi connectivity index (χ1n) is 13.8. The van der Waals surface area contributed by atoms with Crippen LogP contribution in [0, 0.1) is 29.4 Å². The molecule has 1 heterocycles. The van der Waals surface area contributed by atoms with Gasteiger partial charge in [-0.2, -0.15) is 13.2 Å². The molecule has 1 saturated heterocycles. The highest BCUT2D eigenvalue weighted by Crippen LogP contribution is 2.42. The second kappa shape index (κ2) is 12.7. The summed E-state index contributed by atoms with van der Waals surface area (Å²) < 4.78 is 86.0. The summed E-state index contributed by atoms with van der Waals surface area (Å²) in [5, 5.41) is 0. The second-order valence-corrected chi connectivity index (χ2v) is 10.9. The maximum Gasteiger partial charge on any atom is 0.412 e. The highest BCUT2D eigenvalue weighted by Gasteiger charge is 2.32. The zero-order valence-corrected chi connectivity index (χ0v) is 21.8. The van der Waals surface area contributed by atoms with Gasteiger partial charge < -0.3 is 4.74 Å². The molecule has 0 bridgehead atoms. The quantitative estimate of drug-likeness (QED) is 0.240. The summed E-state index contributed by atoms with van der Waals surface area (Å²) in [5.74, 6) is -2.55. The molecule has 208 valence electrons. The van der Waals surface area contributed by atoms with E-state index in [1.807, 2.05) is 12.1 Å². The van der Waals surface area contributed by atoms with E-state index in [1.54, 1.807) is 12.1 Å². The number of halogens is 6. The smallest absolute Gasteiger partial charge is 0.373 e. The van der Waals surface area contributed by atoms with Crippen LogP contribution in [-0.2, 0) is 4.74 Å². The Hall–Kier alpha value is -2.28. The molecule has 2 aromatic carbocycles. The van der Waals surface area contributed by atoms with E-state index >= 15 is 0 Å². The van der Waals surface area contributed by atoms with Gasteiger partial charge in [-0.3, -0.25) is 0 Å². The summed E-state index contributed by atoms with van der Waals surface area (Å²) in [4.78, 5) is 0. The Morgan fingerprint density at radius 2 is 1.50 bits per heavy atom. The number of benzene rings is 2. The van der Waals surface area contributed by atoms with E-state index in [0.717, 1.165) is 49.0 Å². The molecule has 2 aromatic rings. The van der Waals surface area contributed by atoms with Crippen molar-refractivity contribution in [1.29, 1.82) is 0 Å². The van der Waals surface area contributed by atoms with Crippen LogP contribution < -0.4 is 0 Å². The van der Waals surface area contributed by atoms with E-state index in [2.05, 4.69) is 6.92 Å². The fourth-order valence-electron chi connectivity index (χ4n) is 6.11. The molecule has 0 spiro atoms. The van der Waals surface area contributed by atoms with E-state index in [4.69, 9.17) is 4.74 Å². The SMILES string of the molecule is CCCCCC1CCC(C2CCC(c3ccc(-c4cc(F)c(C(F)=CC(F)(F)F)c(F)c4)cc3)OC2)CC1. The number of alkyl halides is 3. The van der Waals surface area contributed by atoms with Crippen molar-refractivity contribution in [2.45, 2.75) is 83.4 Å². The van der Waals surface area contributed by atoms with Crippen molar-refractivity contribution in [3.63, 3.8) is 0 Å². The van der Waals surface area contributed by atoms with Gasteiger partial charge in [0, 0.05) is 0 Å². The van der Waals surface area contributed by atoms with Crippen molar-refractivity contribution < 1.29 is 31.1 Å². The normalized spacial score (nSPS) is 25.0. The molecular formula is C31H36F6O. The van der Waals surface area contributed by atoms with E-state index in [0.29, 0.717) is 11.5 Å². The fourth-order valence-corrected chi connectivity index (χ4v) is 6.11. The van der Waals surface area contributed by atoms with Crippen LogP contribution in [-0.4, -0.2) is 12.8 Å². The lowest BCUT2D eigenvalue weighted by Crippen LogP contribution is -2.29. The first kappa shape index (κ1) is 28.7. The van der Waals surface area contributed by atoms with Crippen LogP contribution in [0.3, 0.4) is 0 Å². The molecule has 4 rings (SSSR count). The average Bonchev–Trinajstić information content (AvgIpc) is 2.88. The Balaban J connectivity index is 1.33. The first-order valence-corrected chi connectivity index (χ1v) is 13.8. The summed E-state index contributed by atoms with van der Waals surface area (Å²) in [6.45, 7) is 2.99. The highest BCUT2D eigenvalue weighted by atomic mass is 19.4. The Morgan fingerprint density at radius 3 is 2.05 bits per heavy atom. The minimum atomic E-state index is -5.02. The summed E-state index contributed by atoms with van der Waals surface area (Å²) in [5.41, 5.74) is 0.245. The maximum atomic E-state index is 14.4. The number of allylic oxidation sites excluding steroid dienone is 1. The van der Waals surface area contributed by atoms with Crippen molar-refractivity contribution in [2.24, 2.45) is 17.8 Å². The molecule has 0 radical (unpaired) electrons. The summed E-state index contributed by atoms with van der Waals surface area (Å²) in [6.07, 6.45) is 6.82. The van der Waals surface area contributed by atoms with Gasteiger partial charge in [0.1, 0.15) is 17.5 Å². The Bertz CT molecular complexity index is 1050. The summed E-state index contributed by atoms with van der Waals surface area (Å²) >= 11 is 0. The van der Waals surface area contributed by atoms with Crippen LogP contribution in [0.1, 0.15) is 88.4 Å². The summed E-state index contributed by atoms with van der Waals surface area (Å²) in [6, 6.07) is 8.76. The first-order chi connectivity index (χ1) is 18.1. The molecule has 1 nitrogen and oxygen atoms in total. The van der Waals surface area contributed by atoms with Crippen molar-refractivity contribution in [1.82, 2.24) is 0 Å². The molecule has 1 saturated carbocycles. The van der Waals surface area contributed by atoms with E-state index < -0.39 is 35.3 Å². The number of rotatable bonds is 8. The topological polar surface area (TPSA) is 9.23 Å². The third kappa shape index (κ3) is 7.43. The van der Waals surface area contributed by atoms with Crippen LogP contribution >= 0.6 is 0 Å². The van der Waals surface area contributed by atoms with Crippen molar-refractivity contribution in [3.05, 3.63) is 65.2 Å². The van der Waals surface area contributed by atoms with Gasteiger partial charge in [-0.15, -0.1) is 0 Å². The third-order valence-electron chi connectivity index (χ3n) is 8.27. The molecule has 38 heavy (non-hydrogen) atoms. The van der Waals surface area contributed by atoms with E-state index in [9.17, 15) is 26.3 Å². The van der Waals surface area contributed by atoms with Gasteiger partial charge in [-0.05, 0) is 72.3 Å². The van der Waals surface area contributed by atoms with Crippen LogP contribution in [0.4, 0.5) is 26.3 Å². The van der Waals surface area contributed by atoms with Gasteiger partial charge in [-0.25, -0.2) is 13.2 Å². The molecule has 2 unspecified atom stereocenters. The molecule has 2 aliphatic rings. The predicted molar refractivity (Wildman–Crippen MR) is 138 cm³/mol. The monoisotopic (exact) mass is 538 g/mol. The van der Waals surface area contributed by atoms with Crippen LogP contribution in [0.2, 0.25) is 0 Å². The molecule has 0 N–H and O–H groups in total. The number of hydrogen-bond acceptors (Lipinski definition) is 1. The molecular weight excluding hydrogens is 502 g/mol. The predicted octanol–water partition coefficient (Wildman–Crippen LogP) is 10.4. The highest BCUT2D eigenvalue weighted by molar-refractivity contribution is 5.69. The Kier molecular flexibility index (Phi) is 9.61. The lowest BCUT2D eigenvalue weighted by Gasteiger charge is -2.38. The molecule has 1 aliphatic carbocycles. The third-order valence-corrected chi connectivity index (χ3v) is 8.27. The molecule has 2 fully saturated rings. The van der Waals surface area contributed by atoms with Crippen molar-refractivity contribution in [2.75, 3.05) is 6.61 Å². The van der Waals surface area contributed by atoms with Gasteiger partial charge in [0.2, 0.25) is 0 Å². The van der Waals surface area contributed by atoms with Gasteiger partial charge in [0.25, 0.3) is 0 Å². The largest absolute Gasteiger partial charge is 0.412 e. The molecule has 0 aromatic heterocycles. The molecule has 2 atom stereocenters. The second-order valence-electron chi connectivity index (χ2n) is 10.9. The molecule has 0 amide bonds. The average molecular weight is 539 g/mol. The van der Waals surface area contributed by atoms with Crippen molar-refractivity contribution >= 4 is 5.83 Å². The zero-order valence-electron chi connectivity index (χ0n) is 21.8. The number of hydrogen-bond donors (Lipinski definition) is 0. The van der Waals surface area contributed by atoms with Crippen LogP contribution in [0.15, 0.2) is 42.5 Å². The van der Waals surface area contributed by atoms with E-state index in [1.165, 1.54) is 51.4 Å². The number of ether oxygens (including phenoxy) is 1. The lowest BCUT2D eigenvalue weighted by atomic mass is 9.72. The molecule has 7 heteroatoms.